The molecule has 1 amide bonds. The lowest BCUT2D eigenvalue weighted by molar-refractivity contribution is -0.307. The summed E-state index contributed by atoms with van der Waals surface area (Å²) < 4.78 is 29.1. The van der Waals surface area contributed by atoms with Crippen molar-refractivity contribution in [2.75, 3.05) is 19.7 Å². The Kier molecular flexibility index (Phi) is 12.7. The Balaban J connectivity index is 1.94. The fourth-order valence-electron chi connectivity index (χ4n) is 5.22. The van der Waals surface area contributed by atoms with Crippen LogP contribution in [-0.2, 0) is 33.3 Å². The molecule has 2 aliphatic heterocycles. The van der Waals surface area contributed by atoms with Crippen LogP contribution >= 0.6 is 0 Å². The number of aliphatic hydroxyl groups excluding tert-OH is 5. The summed E-state index contributed by atoms with van der Waals surface area (Å²) in [6.45, 7) is 0.476. The molecular weight excluding hydrogens is 562 g/mol. The molecule has 17 nitrogen and oxygen atoms in total. The fourth-order valence-corrected chi connectivity index (χ4v) is 5.22. The Hall–Kier alpha value is -2.16. The van der Waals surface area contributed by atoms with E-state index in [1.807, 2.05) is 0 Å². The smallest absolute Gasteiger partial charge is 0.303 e. The molecule has 3 aliphatic rings. The molecule has 2 fully saturated rings. The number of carbonyl (C=O) groups is 2. The predicted octanol–water partition coefficient (Wildman–Crippen LogP) is -5.28. The number of esters is 1. The average Bonchev–Trinajstić information content (AvgIpc) is 2.96. The molecule has 0 bridgehead atoms. The van der Waals surface area contributed by atoms with Gasteiger partial charge in [0.2, 0.25) is 5.91 Å². The van der Waals surface area contributed by atoms with Gasteiger partial charge in [0.15, 0.2) is 18.5 Å². The molecule has 14 N–H and O–H groups in total. The molecule has 5 unspecified atom stereocenters. The van der Waals surface area contributed by atoms with E-state index in [2.05, 4.69) is 5.32 Å². The van der Waals surface area contributed by atoms with Crippen molar-refractivity contribution in [1.29, 1.82) is 0 Å². The SMILES string of the molecule is CC(=O)OC1C(OC2=CCC[C@@H](C(O)CN)O2)[C@@H](N)C[C@@H](NC(=O)[C@@H](O)CCN)[C@@H]1O[C@H]1OC(CO)[C@@H](O)[C@H](N)C1O. The van der Waals surface area contributed by atoms with Crippen LogP contribution in [0.25, 0.3) is 0 Å². The lowest BCUT2D eigenvalue weighted by Crippen LogP contribution is -2.69. The lowest BCUT2D eigenvalue weighted by atomic mass is 9.83. The van der Waals surface area contributed by atoms with Gasteiger partial charge in [-0.1, -0.05) is 0 Å². The maximum Gasteiger partial charge on any atom is 0.303 e. The van der Waals surface area contributed by atoms with Gasteiger partial charge in [0.1, 0.15) is 42.7 Å². The van der Waals surface area contributed by atoms with Gasteiger partial charge >= 0.3 is 5.97 Å². The van der Waals surface area contributed by atoms with Gasteiger partial charge in [0.25, 0.3) is 5.95 Å². The van der Waals surface area contributed by atoms with Gasteiger partial charge in [-0.3, -0.25) is 9.59 Å². The zero-order chi connectivity index (χ0) is 31.1. The number of rotatable bonds is 12. The Bertz CT molecular complexity index is 928. The second-order valence-electron chi connectivity index (χ2n) is 10.7. The summed E-state index contributed by atoms with van der Waals surface area (Å²) in [6, 6.07) is -3.21. The number of aliphatic hydroxyl groups is 5. The molecule has 42 heavy (non-hydrogen) atoms. The highest BCUT2D eigenvalue weighted by atomic mass is 16.7. The molecule has 1 saturated carbocycles. The molecule has 0 aromatic carbocycles. The first-order valence-electron chi connectivity index (χ1n) is 14.0. The van der Waals surface area contributed by atoms with Crippen LogP contribution in [-0.4, -0.2) is 136 Å². The van der Waals surface area contributed by atoms with Crippen molar-refractivity contribution in [3.63, 3.8) is 0 Å². The highest BCUT2D eigenvalue weighted by Gasteiger charge is 2.52. The molecule has 0 aromatic rings. The molecule has 3 rings (SSSR count). The van der Waals surface area contributed by atoms with Crippen LogP contribution in [0.5, 0.6) is 0 Å². The van der Waals surface area contributed by atoms with E-state index in [0.717, 1.165) is 6.92 Å². The van der Waals surface area contributed by atoms with E-state index in [1.165, 1.54) is 0 Å². The molecule has 1 saturated heterocycles. The van der Waals surface area contributed by atoms with Crippen LogP contribution in [0, 0.1) is 0 Å². The number of amides is 1. The molecule has 242 valence electrons. The number of hydrogen-bond donors (Lipinski definition) is 10. The summed E-state index contributed by atoms with van der Waals surface area (Å²) in [4.78, 5) is 25.1. The molecule has 0 aromatic heterocycles. The third-order valence-electron chi connectivity index (χ3n) is 7.55. The van der Waals surface area contributed by atoms with Crippen molar-refractivity contribution < 1.29 is 58.8 Å². The van der Waals surface area contributed by atoms with Crippen LogP contribution in [0.4, 0.5) is 0 Å². The number of ether oxygens (including phenoxy) is 5. The minimum Gasteiger partial charge on any atom is -0.460 e. The van der Waals surface area contributed by atoms with Gasteiger partial charge in [0, 0.05) is 19.5 Å². The molecule has 0 radical (unpaired) electrons. The minimum absolute atomic E-state index is 0.00963. The molecule has 2 heterocycles. The van der Waals surface area contributed by atoms with Gasteiger partial charge < -0.3 is 77.5 Å². The average molecular weight is 608 g/mol. The largest absolute Gasteiger partial charge is 0.460 e. The van der Waals surface area contributed by atoms with Crippen molar-refractivity contribution in [3.8, 4) is 0 Å². The van der Waals surface area contributed by atoms with Gasteiger partial charge in [0.05, 0.1) is 18.7 Å². The number of nitrogens with two attached hydrogens (primary N) is 4. The van der Waals surface area contributed by atoms with Gasteiger partial charge in [-0.2, -0.15) is 0 Å². The van der Waals surface area contributed by atoms with Crippen LogP contribution in [0.3, 0.4) is 0 Å². The summed E-state index contributed by atoms with van der Waals surface area (Å²) in [7, 11) is 0. The van der Waals surface area contributed by atoms with Crippen molar-refractivity contribution in [2.45, 2.75) is 112 Å². The topological polar surface area (TPSA) is 298 Å². The molecule has 1 aliphatic carbocycles. The molecule has 13 atom stereocenters. The van der Waals surface area contributed by atoms with Crippen molar-refractivity contribution >= 4 is 11.9 Å². The zero-order valence-electron chi connectivity index (χ0n) is 23.4. The highest BCUT2D eigenvalue weighted by Crippen LogP contribution is 2.33. The fraction of sp³-hybridized carbons (Fsp3) is 0.840. The maximum absolute atomic E-state index is 12.8. The van der Waals surface area contributed by atoms with Crippen LogP contribution in [0.1, 0.15) is 32.6 Å². The molecule has 0 spiro atoms. The predicted molar refractivity (Wildman–Crippen MR) is 142 cm³/mol. The highest BCUT2D eigenvalue weighted by molar-refractivity contribution is 5.80. The summed E-state index contributed by atoms with van der Waals surface area (Å²) in [5.74, 6) is -1.55. The first-order chi connectivity index (χ1) is 19.9. The monoisotopic (exact) mass is 607 g/mol. The van der Waals surface area contributed by atoms with Crippen LogP contribution in [0.2, 0.25) is 0 Å². The number of nitrogens with one attached hydrogen (secondary N) is 1. The zero-order valence-corrected chi connectivity index (χ0v) is 23.4. The molecular formula is C25H45N5O12. The van der Waals surface area contributed by atoms with Gasteiger partial charge in [-0.25, -0.2) is 0 Å². The van der Waals surface area contributed by atoms with E-state index in [-0.39, 0.29) is 31.9 Å². The van der Waals surface area contributed by atoms with Crippen LogP contribution < -0.4 is 28.3 Å². The lowest BCUT2D eigenvalue weighted by Gasteiger charge is -2.48. The number of allylic oxidation sites excluding steroid dienone is 1. The minimum atomic E-state index is -1.60. The van der Waals surface area contributed by atoms with E-state index < -0.39 is 97.8 Å². The first kappa shape index (κ1) is 34.3. The quantitative estimate of drug-likeness (QED) is 0.0926. The van der Waals surface area contributed by atoms with E-state index in [0.29, 0.717) is 12.8 Å². The number of hydrogen-bond acceptors (Lipinski definition) is 16. The summed E-state index contributed by atoms with van der Waals surface area (Å²) >= 11 is 0. The Labute approximate surface area is 243 Å². The van der Waals surface area contributed by atoms with Crippen molar-refractivity contribution in [2.24, 2.45) is 22.9 Å². The van der Waals surface area contributed by atoms with E-state index in [9.17, 15) is 35.1 Å². The Morgan fingerprint density at radius 2 is 1.86 bits per heavy atom. The Morgan fingerprint density at radius 3 is 2.48 bits per heavy atom. The van der Waals surface area contributed by atoms with Gasteiger partial charge in [-0.05, 0) is 38.3 Å². The van der Waals surface area contributed by atoms with E-state index >= 15 is 0 Å². The normalized spacial score (nSPS) is 38.4. The Morgan fingerprint density at radius 1 is 1.14 bits per heavy atom. The van der Waals surface area contributed by atoms with E-state index in [1.54, 1.807) is 6.08 Å². The standard InChI is InChI=1S/C25H45N5O12/c1-10(32)38-23-21(41-17-4-2-3-15(39-17)14(34)8-27)11(28)7-12(30-24(37)13(33)5-6-26)22(23)42-25-20(36)18(29)19(35)16(9-31)40-25/h4,11-16,18-23,25,31,33-36H,2-3,5-9,26-29H2,1H3,(H,30,37)/t11-,12+,13-,14?,15-,16?,18-,19+,20?,21?,22-,23?,25+/m0/s1. The van der Waals surface area contributed by atoms with Crippen LogP contribution in [0.15, 0.2) is 12.0 Å². The summed E-state index contributed by atoms with van der Waals surface area (Å²) in [5.41, 5.74) is 23.4. The maximum atomic E-state index is 12.8. The van der Waals surface area contributed by atoms with Crippen molar-refractivity contribution in [1.82, 2.24) is 5.32 Å². The number of carbonyl (C=O) groups excluding carboxylic acids is 2. The molecule has 17 heteroatoms. The first-order valence-corrected chi connectivity index (χ1v) is 14.0. The van der Waals surface area contributed by atoms with Gasteiger partial charge in [-0.15, -0.1) is 0 Å². The van der Waals surface area contributed by atoms with E-state index in [4.69, 9.17) is 46.6 Å². The third-order valence-corrected chi connectivity index (χ3v) is 7.55. The summed E-state index contributed by atoms with van der Waals surface area (Å²) in [5, 5.41) is 53.6. The van der Waals surface area contributed by atoms with Crippen molar-refractivity contribution in [3.05, 3.63) is 12.0 Å². The third kappa shape index (κ3) is 8.26. The second kappa shape index (κ2) is 15.5. The summed E-state index contributed by atoms with van der Waals surface area (Å²) in [6.07, 6.45) is -10.1. The second-order valence-corrected chi connectivity index (χ2v) is 10.7.